The van der Waals surface area contributed by atoms with Crippen LogP contribution in [0.3, 0.4) is 0 Å². The summed E-state index contributed by atoms with van der Waals surface area (Å²) in [5.41, 5.74) is 1.44. The third-order valence-corrected chi connectivity index (χ3v) is 4.28. The number of alkyl halides is 1. The monoisotopic (exact) mass is 244 g/mol. The normalized spacial score (nSPS) is 17.2. The minimum absolute atomic E-state index is 0.383. The molecule has 0 nitrogen and oxygen atoms in total. The third-order valence-electron chi connectivity index (χ3n) is 3.70. The molecule has 0 bridgehead atoms. The van der Waals surface area contributed by atoms with E-state index in [1.807, 2.05) is 0 Å². The second-order valence-electron chi connectivity index (χ2n) is 5.03. The Morgan fingerprint density at radius 1 is 1.06 bits per heavy atom. The Morgan fingerprint density at radius 3 is 2.65 bits per heavy atom. The molecule has 1 aliphatic rings. The van der Waals surface area contributed by atoms with E-state index in [2.05, 4.69) is 42.5 Å². The Kier molecular flexibility index (Phi) is 3.07. The number of fused-ring (bicyclic) bond motifs is 1. The van der Waals surface area contributed by atoms with Crippen molar-refractivity contribution in [2.24, 2.45) is 5.92 Å². The highest BCUT2D eigenvalue weighted by atomic mass is 35.5. The second kappa shape index (κ2) is 4.70. The molecule has 2 aromatic carbocycles. The van der Waals surface area contributed by atoms with Crippen molar-refractivity contribution in [3.63, 3.8) is 0 Å². The average Bonchev–Trinajstić information content (AvgIpc) is 3.20. The summed E-state index contributed by atoms with van der Waals surface area (Å²) in [6.45, 7) is 0. The molecule has 3 rings (SSSR count). The lowest BCUT2D eigenvalue weighted by molar-refractivity contribution is 0.678. The molecule has 0 amide bonds. The topological polar surface area (TPSA) is 0 Å². The summed E-state index contributed by atoms with van der Waals surface area (Å²) in [4.78, 5) is 0. The molecule has 0 spiro atoms. The Bertz CT molecular complexity index is 508. The van der Waals surface area contributed by atoms with Crippen LogP contribution in [0.2, 0.25) is 0 Å². The van der Waals surface area contributed by atoms with Crippen molar-refractivity contribution in [1.29, 1.82) is 0 Å². The smallest absolute Gasteiger partial charge is 0.0367 e. The molecule has 0 radical (unpaired) electrons. The molecular weight excluding hydrogens is 228 g/mol. The molecule has 0 aromatic heterocycles. The lowest BCUT2D eigenvalue weighted by Gasteiger charge is -2.09. The fourth-order valence-electron chi connectivity index (χ4n) is 2.50. The summed E-state index contributed by atoms with van der Waals surface area (Å²) >= 11 is 6.38. The third kappa shape index (κ3) is 2.47. The van der Waals surface area contributed by atoms with E-state index in [0.717, 1.165) is 18.8 Å². The zero-order valence-electron chi connectivity index (χ0n) is 9.90. The molecule has 0 aliphatic heterocycles. The number of halogens is 1. The van der Waals surface area contributed by atoms with Crippen LogP contribution in [0, 0.1) is 5.92 Å². The first kappa shape index (κ1) is 11.1. The minimum Gasteiger partial charge on any atom is -0.123 e. The van der Waals surface area contributed by atoms with E-state index in [-0.39, 0.29) is 0 Å². The van der Waals surface area contributed by atoms with Gasteiger partial charge < -0.3 is 0 Å². The molecule has 88 valence electrons. The van der Waals surface area contributed by atoms with Gasteiger partial charge in [-0.15, -0.1) is 11.6 Å². The predicted octanol–water partition coefficient (Wildman–Crippen LogP) is 4.79. The quantitative estimate of drug-likeness (QED) is 0.679. The van der Waals surface area contributed by atoms with Crippen molar-refractivity contribution >= 4 is 22.4 Å². The molecule has 1 heteroatoms. The lowest BCUT2D eigenvalue weighted by Crippen LogP contribution is -2.03. The van der Waals surface area contributed by atoms with Crippen molar-refractivity contribution in [2.45, 2.75) is 31.1 Å². The van der Waals surface area contributed by atoms with Crippen molar-refractivity contribution in [3.8, 4) is 0 Å². The van der Waals surface area contributed by atoms with Gasteiger partial charge in [0.05, 0.1) is 0 Å². The number of aryl methyl sites for hydroxylation is 1. The number of hydrogen-bond donors (Lipinski definition) is 0. The Labute approximate surface area is 108 Å². The van der Waals surface area contributed by atoms with Crippen molar-refractivity contribution in [1.82, 2.24) is 0 Å². The summed E-state index contributed by atoms with van der Waals surface area (Å²) in [5, 5.41) is 3.10. The van der Waals surface area contributed by atoms with Gasteiger partial charge in [-0.25, -0.2) is 0 Å². The van der Waals surface area contributed by atoms with E-state index in [4.69, 9.17) is 11.6 Å². The van der Waals surface area contributed by atoms with Gasteiger partial charge in [-0.1, -0.05) is 42.5 Å². The first-order valence-electron chi connectivity index (χ1n) is 6.45. The van der Waals surface area contributed by atoms with Crippen LogP contribution in [0.15, 0.2) is 42.5 Å². The summed E-state index contributed by atoms with van der Waals surface area (Å²) in [7, 11) is 0. The van der Waals surface area contributed by atoms with Crippen LogP contribution >= 0.6 is 11.6 Å². The van der Waals surface area contributed by atoms with Gasteiger partial charge in [0.2, 0.25) is 0 Å². The largest absolute Gasteiger partial charge is 0.123 e. The molecule has 1 saturated carbocycles. The van der Waals surface area contributed by atoms with Gasteiger partial charge in [-0.2, -0.15) is 0 Å². The SMILES string of the molecule is ClC(CCc1cccc2ccccc12)C1CC1. The zero-order chi connectivity index (χ0) is 11.7. The first-order valence-corrected chi connectivity index (χ1v) is 6.89. The van der Waals surface area contributed by atoms with Gasteiger partial charge in [0.25, 0.3) is 0 Å². The first-order chi connectivity index (χ1) is 8.34. The van der Waals surface area contributed by atoms with E-state index < -0.39 is 0 Å². The molecule has 0 N–H and O–H groups in total. The molecule has 1 aliphatic carbocycles. The standard InChI is InChI=1S/C16H17Cl/c17-16(14-8-9-14)11-10-13-6-3-5-12-4-1-2-7-15(12)13/h1-7,14,16H,8-11H2. The van der Waals surface area contributed by atoms with Crippen LogP contribution in [0.25, 0.3) is 10.8 Å². The van der Waals surface area contributed by atoms with Crippen LogP contribution in [-0.2, 0) is 6.42 Å². The van der Waals surface area contributed by atoms with E-state index in [0.29, 0.717) is 5.38 Å². The highest BCUT2D eigenvalue weighted by Gasteiger charge is 2.29. The maximum absolute atomic E-state index is 6.38. The Balaban J connectivity index is 1.79. The number of benzene rings is 2. The number of rotatable bonds is 4. The molecule has 1 unspecified atom stereocenters. The summed E-state index contributed by atoms with van der Waals surface area (Å²) in [6.07, 6.45) is 4.89. The minimum atomic E-state index is 0.383. The molecule has 17 heavy (non-hydrogen) atoms. The van der Waals surface area contributed by atoms with E-state index in [1.165, 1.54) is 29.2 Å². The lowest BCUT2D eigenvalue weighted by atomic mass is 9.99. The maximum atomic E-state index is 6.38. The predicted molar refractivity (Wildman–Crippen MR) is 74.6 cm³/mol. The van der Waals surface area contributed by atoms with Crippen molar-refractivity contribution in [3.05, 3.63) is 48.0 Å². The van der Waals surface area contributed by atoms with Crippen molar-refractivity contribution in [2.75, 3.05) is 0 Å². The summed E-state index contributed by atoms with van der Waals surface area (Å²) in [5.74, 6) is 0.798. The molecule has 1 fully saturated rings. The molecular formula is C16H17Cl. The van der Waals surface area contributed by atoms with Gasteiger partial charge in [0.15, 0.2) is 0 Å². The number of hydrogen-bond acceptors (Lipinski definition) is 0. The van der Waals surface area contributed by atoms with Gasteiger partial charge in [-0.05, 0) is 47.9 Å². The second-order valence-corrected chi connectivity index (χ2v) is 5.59. The van der Waals surface area contributed by atoms with Crippen molar-refractivity contribution < 1.29 is 0 Å². The van der Waals surface area contributed by atoms with Crippen LogP contribution < -0.4 is 0 Å². The molecule has 2 aromatic rings. The highest BCUT2D eigenvalue weighted by Crippen LogP contribution is 2.37. The van der Waals surface area contributed by atoms with E-state index >= 15 is 0 Å². The molecule has 1 atom stereocenters. The molecule has 0 heterocycles. The summed E-state index contributed by atoms with van der Waals surface area (Å²) < 4.78 is 0. The van der Waals surface area contributed by atoms with Crippen LogP contribution in [0.5, 0.6) is 0 Å². The fourth-order valence-corrected chi connectivity index (χ4v) is 2.86. The zero-order valence-corrected chi connectivity index (χ0v) is 10.7. The van der Waals surface area contributed by atoms with Crippen LogP contribution in [0.4, 0.5) is 0 Å². The van der Waals surface area contributed by atoms with Crippen LogP contribution in [-0.4, -0.2) is 5.38 Å². The fraction of sp³-hybridized carbons (Fsp3) is 0.375. The van der Waals surface area contributed by atoms with Gasteiger partial charge >= 0.3 is 0 Å². The highest BCUT2D eigenvalue weighted by molar-refractivity contribution is 6.21. The Morgan fingerprint density at radius 2 is 1.82 bits per heavy atom. The summed E-state index contributed by atoms with van der Waals surface area (Å²) in [6, 6.07) is 15.2. The van der Waals surface area contributed by atoms with Gasteiger partial charge in [0, 0.05) is 5.38 Å². The maximum Gasteiger partial charge on any atom is 0.0367 e. The van der Waals surface area contributed by atoms with Gasteiger partial charge in [0.1, 0.15) is 0 Å². The van der Waals surface area contributed by atoms with E-state index in [1.54, 1.807) is 0 Å². The van der Waals surface area contributed by atoms with E-state index in [9.17, 15) is 0 Å². The average molecular weight is 245 g/mol. The van der Waals surface area contributed by atoms with Crippen LogP contribution in [0.1, 0.15) is 24.8 Å². The Hall–Kier alpha value is -1.01. The van der Waals surface area contributed by atoms with Gasteiger partial charge in [-0.3, -0.25) is 0 Å². The molecule has 0 saturated heterocycles.